The van der Waals surface area contributed by atoms with Gasteiger partial charge in [-0.05, 0) is 52.5 Å². The SMILES string of the molecule is Cc1ccc(-c2cc(C(=O)NC3CCN(C4CC4)CC3)c3cnn(C(C)C)c3n2)cc1. The predicted molar refractivity (Wildman–Crippen MR) is 123 cm³/mol. The van der Waals surface area contributed by atoms with Gasteiger partial charge in [-0.25, -0.2) is 9.67 Å². The van der Waals surface area contributed by atoms with Crippen LogP contribution in [-0.2, 0) is 0 Å². The molecule has 0 spiro atoms. The Bertz CT molecular complexity index is 1090. The third kappa shape index (κ3) is 4.09. The van der Waals surface area contributed by atoms with Gasteiger partial charge in [-0.1, -0.05) is 29.8 Å². The lowest BCUT2D eigenvalue weighted by Crippen LogP contribution is -2.45. The van der Waals surface area contributed by atoms with Gasteiger partial charge in [0.15, 0.2) is 5.65 Å². The Labute approximate surface area is 183 Å². The second kappa shape index (κ2) is 8.08. The molecule has 0 radical (unpaired) electrons. The number of nitrogens with zero attached hydrogens (tertiary/aromatic N) is 4. The van der Waals surface area contributed by atoms with E-state index in [0.29, 0.717) is 5.56 Å². The number of carbonyl (C=O) groups excluding carboxylic acids is 1. The van der Waals surface area contributed by atoms with Crippen LogP contribution in [0.5, 0.6) is 0 Å². The molecule has 3 heterocycles. The fourth-order valence-corrected chi connectivity index (χ4v) is 4.57. The molecule has 1 aromatic carbocycles. The van der Waals surface area contributed by atoms with Gasteiger partial charge in [-0.2, -0.15) is 5.10 Å². The molecule has 1 aliphatic carbocycles. The van der Waals surface area contributed by atoms with Gasteiger partial charge in [0.1, 0.15) is 0 Å². The van der Waals surface area contributed by atoms with Gasteiger partial charge in [0, 0.05) is 36.8 Å². The first-order chi connectivity index (χ1) is 15.0. The van der Waals surface area contributed by atoms with E-state index in [9.17, 15) is 4.79 Å². The molecule has 1 saturated heterocycles. The number of aromatic nitrogens is 3. The van der Waals surface area contributed by atoms with Crippen LogP contribution in [0.3, 0.4) is 0 Å². The van der Waals surface area contributed by atoms with Crippen molar-refractivity contribution in [2.24, 2.45) is 0 Å². The van der Waals surface area contributed by atoms with Gasteiger partial charge >= 0.3 is 0 Å². The van der Waals surface area contributed by atoms with Crippen molar-refractivity contribution in [2.75, 3.05) is 13.1 Å². The minimum absolute atomic E-state index is 0.0195. The molecule has 5 rings (SSSR count). The summed E-state index contributed by atoms with van der Waals surface area (Å²) in [6.45, 7) is 8.41. The standard InChI is InChI=1S/C25H31N5O/c1-16(2)30-24-22(15-26-30)21(14-23(28-24)18-6-4-17(3)5-7-18)25(31)27-19-10-12-29(13-11-19)20-8-9-20/h4-7,14-16,19-20H,8-13H2,1-3H3,(H,27,31). The summed E-state index contributed by atoms with van der Waals surface area (Å²) < 4.78 is 1.90. The maximum atomic E-state index is 13.4. The Hall–Kier alpha value is -2.73. The van der Waals surface area contributed by atoms with Gasteiger partial charge in [-0.3, -0.25) is 4.79 Å². The van der Waals surface area contributed by atoms with E-state index in [2.05, 4.69) is 60.4 Å². The average molecular weight is 418 g/mol. The summed E-state index contributed by atoms with van der Waals surface area (Å²) in [5.74, 6) is -0.0195. The van der Waals surface area contributed by atoms with E-state index in [1.807, 2.05) is 10.7 Å². The summed E-state index contributed by atoms with van der Waals surface area (Å²) in [6, 6.07) is 11.4. The average Bonchev–Trinajstić information content (AvgIpc) is 3.52. The lowest BCUT2D eigenvalue weighted by molar-refractivity contribution is 0.0910. The molecule has 2 fully saturated rings. The van der Waals surface area contributed by atoms with Crippen LogP contribution in [0.1, 0.15) is 61.5 Å². The molecular weight excluding hydrogens is 386 g/mol. The highest BCUT2D eigenvalue weighted by molar-refractivity contribution is 6.06. The highest BCUT2D eigenvalue weighted by Crippen LogP contribution is 2.30. The smallest absolute Gasteiger partial charge is 0.252 e. The fourth-order valence-electron chi connectivity index (χ4n) is 4.57. The monoisotopic (exact) mass is 417 g/mol. The Morgan fingerprint density at radius 3 is 2.45 bits per heavy atom. The Morgan fingerprint density at radius 1 is 1.10 bits per heavy atom. The van der Waals surface area contributed by atoms with Crippen molar-refractivity contribution in [3.63, 3.8) is 0 Å². The van der Waals surface area contributed by atoms with Gasteiger partial charge in [0.2, 0.25) is 0 Å². The lowest BCUT2D eigenvalue weighted by Gasteiger charge is -2.32. The summed E-state index contributed by atoms with van der Waals surface area (Å²) in [5, 5.41) is 8.66. The molecule has 31 heavy (non-hydrogen) atoms. The maximum Gasteiger partial charge on any atom is 0.252 e. The van der Waals surface area contributed by atoms with Crippen LogP contribution in [0.15, 0.2) is 36.5 Å². The van der Waals surface area contributed by atoms with Crippen LogP contribution >= 0.6 is 0 Å². The molecule has 1 amide bonds. The minimum atomic E-state index is -0.0195. The number of carbonyl (C=O) groups is 1. The summed E-state index contributed by atoms with van der Waals surface area (Å²) in [5.41, 5.74) is 4.45. The van der Waals surface area contributed by atoms with Gasteiger partial charge in [0.05, 0.1) is 22.8 Å². The highest BCUT2D eigenvalue weighted by Gasteiger charge is 2.32. The number of pyridine rings is 1. The van der Waals surface area contributed by atoms with E-state index < -0.39 is 0 Å². The van der Waals surface area contributed by atoms with Crippen LogP contribution in [0.25, 0.3) is 22.3 Å². The molecule has 6 heteroatoms. The van der Waals surface area contributed by atoms with E-state index in [0.717, 1.165) is 54.3 Å². The number of fused-ring (bicyclic) bond motifs is 1. The Kier molecular flexibility index (Phi) is 5.26. The van der Waals surface area contributed by atoms with Crippen LogP contribution in [0.4, 0.5) is 0 Å². The molecule has 162 valence electrons. The maximum absolute atomic E-state index is 13.4. The number of rotatable bonds is 5. The minimum Gasteiger partial charge on any atom is -0.349 e. The first-order valence-electron chi connectivity index (χ1n) is 11.5. The number of benzene rings is 1. The molecule has 1 aliphatic heterocycles. The van der Waals surface area contributed by atoms with Crippen molar-refractivity contribution in [3.8, 4) is 11.3 Å². The van der Waals surface area contributed by atoms with Gasteiger partial charge < -0.3 is 10.2 Å². The number of nitrogens with one attached hydrogen (secondary N) is 1. The van der Waals surface area contributed by atoms with Gasteiger partial charge in [-0.15, -0.1) is 0 Å². The summed E-state index contributed by atoms with van der Waals surface area (Å²) in [7, 11) is 0. The van der Waals surface area contributed by atoms with Crippen LogP contribution in [-0.4, -0.2) is 50.7 Å². The number of amides is 1. The molecule has 0 atom stereocenters. The Morgan fingerprint density at radius 2 is 1.81 bits per heavy atom. The van der Waals surface area contributed by atoms with Crippen LogP contribution < -0.4 is 5.32 Å². The largest absolute Gasteiger partial charge is 0.349 e. The number of aryl methyl sites for hydroxylation is 1. The molecule has 6 nitrogen and oxygen atoms in total. The first kappa shape index (κ1) is 20.2. The molecule has 1 saturated carbocycles. The quantitative estimate of drug-likeness (QED) is 0.671. The van der Waals surface area contributed by atoms with Gasteiger partial charge in [0.25, 0.3) is 5.91 Å². The molecule has 2 aliphatic rings. The highest BCUT2D eigenvalue weighted by atomic mass is 16.1. The van der Waals surface area contributed by atoms with Crippen LogP contribution in [0, 0.1) is 6.92 Å². The number of hydrogen-bond donors (Lipinski definition) is 1. The van der Waals surface area contributed by atoms with Crippen molar-refractivity contribution < 1.29 is 4.79 Å². The number of hydrogen-bond acceptors (Lipinski definition) is 4. The topological polar surface area (TPSA) is 63.1 Å². The van der Waals surface area contributed by atoms with Crippen LogP contribution in [0.2, 0.25) is 0 Å². The molecular formula is C25H31N5O. The first-order valence-corrected chi connectivity index (χ1v) is 11.5. The van der Waals surface area contributed by atoms with E-state index in [1.165, 1.54) is 18.4 Å². The fraction of sp³-hybridized carbons (Fsp3) is 0.480. The van der Waals surface area contributed by atoms with E-state index in [1.54, 1.807) is 6.20 Å². The summed E-state index contributed by atoms with van der Waals surface area (Å²) in [6.07, 6.45) is 6.51. The second-order valence-corrected chi connectivity index (χ2v) is 9.36. The third-order valence-corrected chi connectivity index (χ3v) is 6.58. The zero-order valence-electron chi connectivity index (χ0n) is 18.6. The molecule has 1 N–H and O–H groups in total. The van der Waals surface area contributed by atoms with E-state index in [4.69, 9.17) is 4.98 Å². The van der Waals surface area contributed by atoms with E-state index in [-0.39, 0.29) is 18.0 Å². The Balaban J connectivity index is 1.46. The van der Waals surface area contributed by atoms with Crippen molar-refractivity contribution in [3.05, 3.63) is 47.7 Å². The van der Waals surface area contributed by atoms with Crippen molar-refractivity contribution >= 4 is 16.9 Å². The van der Waals surface area contributed by atoms with Crippen molar-refractivity contribution in [2.45, 2.75) is 64.6 Å². The number of likely N-dealkylation sites (tertiary alicyclic amines) is 1. The van der Waals surface area contributed by atoms with Crippen molar-refractivity contribution in [1.82, 2.24) is 25.0 Å². The van der Waals surface area contributed by atoms with E-state index >= 15 is 0 Å². The lowest BCUT2D eigenvalue weighted by atomic mass is 10.0. The van der Waals surface area contributed by atoms with Crippen molar-refractivity contribution in [1.29, 1.82) is 0 Å². The third-order valence-electron chi connectivity index (χ3n) is 6.58. The predicted octanol–water partition coefficient (Wildman–Crippen LogP) is 4.34. The summed E-state index contributed by atoms with van der Waals surface area (Å²) in [4.78, 5) is 20.9. The zero-order valence-corrected chi connectivity index (χ0v) is 18.6. The molecule has 0 unspecified atom stereocenters. The normalized spacial score (nSPS) is 18.1. The number of piperidine rings is 1. The molecule has 0 bridgehead atoms. The zero-order chi connectivity index (χ0) is 21.5. The second-order valence-electron chi connectivity index (χ2n) is 9.36. The molecule has 2 aromatic heterocycles. The molecule has 3 aromatic rings. The summed E-state index contributed by atoms with van der Waals surface area (Å²) >= 11 is 0.